The van der Waals surface area contributed by atoms with Crippen LogP contribution in [0.4, 0.5) is 15.5 Å². The summed E-state index contributed by atoms with van der Waals surface area (Å²) in [6.45, 7) is 4.15. The fourth-order valence-corrected chi connectivity index (χ4v) is 4.60. The monoisotopic (exact) mass is 435 g/mol. The first-order valence-electron chi connectivity index (χ1n) is 9.08. The van der Waals surface area contributed by atoms with Crippen LogP contribution in [-0.4, -0.2) is 42.4 Å². The van der Waals surface area contributed by atoms with Crippen molar-refractivity contribution in [2.24, 2.45) is 5.73 Å². The number of nitrogens with zero attached hydrogens (tertiary/aromatic N) is 1. The van der Waals surface area contributed by atoms with Crippen molar-refractivity contribution in [1.82, 2.24) is 10.2 Å². The molecule has 0 unspecified atom stereocenters. The Bertz CT molecular complexity index is 929. The summed E-state index contributed by atoms with van der Waals surface area (Å²) >= 11 is 7.20. The maximum atomic E-state index is 12.4. The summed E-state index contributed by atoms with van der Waals surface area (Å²) < 4.78 is 0. The van der Waals surface area contributed by atoms with E-state index in [4.69, 9.17) is 17.3 Å². The highest BCUT2D eigenvalue weighted by atomic mass is 35.5. The van der Waals surface area contributed by atoms with E-state index in [9.17, 15) is 14.4 Å². The Balaban J connectivity index is 1.70. The fraction of sp³-hybridized carbons (Fsp3) is 0.316. The summed E-state index contributed by atoms with van der Waals surface area (Å²) in [6.07, 6.45) is 0.657. The lowest BCUT2D eigenvalue weighted by Gasteiger charge is -2.26. The first kappa shape index (κ1) is 21.1. The van der Waals surface area contributed by atoms with Gasteiger partial charge in [-0.2, -0.15) is 0 Å². The predicted molar refractivity (Wildman–Crippen MR) is 115 cm³/mol. The number of thiophene rings is 1. The number of hydrogen-bond acceptors (Lipinski definition) is 5. The van der Waals surface area contributed by atoms with Gasteiger partial charge in [0.1, 0.15) is 5.00 Å². The molecule has 0 spiro atoms. The second-order valence-electron chi connectivity index (χ2n) is 6.67. The molecule has 1 aliphatic rings. The largest absolute Gasteiger partial charge is 0.365 e. The molecule has 2 heterocycles. The van der Waals surface area contributed by atoms with E-state index in [1.54, 1.807) is 24.3 Å². The maximum Gasteiger partial charge on any atom is 0.324 e. The molecule has 1 aromatic carbocycles. The van der Waals surface area contributed by atoms with Gasteiger partial charge >= 0.3 is 6.03 Å². The fourth-order valence-electron chi connectivity index (χ4n) is 3.18. The quantitative estimate of drug-likeness (QED) is 0.558. The molecule has 0 saturated carbocycles. The minimum Gasteiger partial charge on any atom is -0.365 e. The third kappa shape index (κ3) is 5.47. The van der Waals surface area contributed by atoms with Gasteiger partial charge in [-0.15, -0.1) is 11.3 Å². The lowest BCUT2D eigenvalue weighted by Crippen LogP contribution is -2.37. The van der Waals surface area contributed by atoms with Crippen molar-refractivity contribution < 1.29 is 14.4 Å². The van der Waals surface area contributed by atoms with Crippen LogP contribution in [0.2, 0.25) is 5.02 Å². The molecule has 0 bridgehead atoms. The smallest absolute Gasteiger partial charge is 0.324 e. The molecule has 0 saturated heterocycles. The molecule has 29 heavy (non-hydrogen) atoms. The summed E-state index contributed by atoms with van der Waals surface area (Å²) in [7, 11) is 0. The highest BCUT2D eigenvalue weighted by molar-refractivity contribution is 7.17. The zero-order chi connectivity index (χ0) is 21.0. The van der Waals surface area contributed by atoms with Crippen molar-refractivity contribution in [3.8, 4) is 0 Å². The average Bonchev–Trinajstić information content (AvgIpc) is 3.00. The van der Waals surface area contributed by atoms with Gasteiger partial charge in [0.2, 0.25) is 5.91 Å². The molecule has 5 N–H and O–H groups in total. The van der Waals surface area contributed by atoms with Gasteiger partial charge in [0.05, 0.1) is 5.56 Å². The van der Waals surface area contributed by atoms with Crippen LogP contribution in [0.25, 0.3) is 0 Å². The van der Waals surface area contributed by atoms with Crippen molar-refractivity contribution in [3.63, 3.8) is 0 Å². The number of fused-ring (bicyclic) bond motifs is 1. The van der Waals surface area contributed by atoms with Gasteiger partial charge in [0.15, 0.2) is 0 Å². The van der Waals surface area contributed by atoms with E-state index >= 15 is 0 Å². The predicted octanol–water partition coefficient (Wildman–Crippen LogP) is 2.64. The van der Waals surface area contributed by atoms with Crippen LogP contribution in [0.3, 0.4) is 0 Å². The molecule has 0 aliphatic carbocycles. The van der Waals surface area contributed by atoms with Crippen molar-refractivity contribution >= 4 is 51.5 Å². The minimum atomic E-state index is -0.559. The second kappa shape index (κ2) is 9.25. The van der Waals surface area contributed by atoms with E-state index in [1.165, 1.54) is 18.3 Å². The maximum absolute atomic E-state index is 12.4. The summed E-state index contributed by atoms with van der Waals surface area (Å²) in [5, 5.41) is 9.24. The molecule has 1 aromatic heterocycles. The Morgan fingerprint density at radius 3 is 2.59 bits per heavy atom. The van der Waals surface area contributed by atoms with Crippen LogP contribution in [0.15, 0.2) is 24.3 Å². The number of anilines is 2. The molecule has 0 radical (unpaired) electrons. The zero-order valence-electron chi connectivity index (χ0n) is 15.9. The number of primary amides is 1. The van der Waals surface area contributed by atoms with Crippen LogP contribution >= 0.6 is 22.9 Å². The number of nitrogens with one attached hydrogen (secondary N) is 3. The number of carbonyl (C=O) groups excluding carboxylic acids is 3. The SMILES string of the molecule is CC(=O)NCCN1CCc2c(sc(NC(=O)Nc3ccc(Cl)cc3)c2C(N)=O)C1. The number of carbonyl (C=O) groups is 3. The number of nitrogens with two attached hydrogens (primary N) is 1. The van der Waals surface area contributed by atoms with Crippen LogP contribution in [-0.2, 0) is 17.8 Å². The molecular weight excluding hydrogens is 414 g/mol. The highest BCUT2D eigenvalue weighted by Gasteiger charge is 2.27. The molecular formula is C19H22ClN5O3S. The van der Waals surface area contributed by atoms with Crippen LogP contribution < -0.4 is 21.7 Å². The molecule has 0 atom stereocenters. The Kier molecular flexibility index (Phi) is 6.73. The van der Waals surface area contributed by atoms with Crippen molar-refractivity contribution in [1.29, 1.82) is 0 Å². The van der Waals surface area contributed by atoms with E-state index in [0.717, 1.165) is 17.0 Å². The van der Waals surface area contributed by atoms with E-state index in [-0.39, 0.29) is 5.91 Å². The first-order chi connectivity index (χ1) is 13.8. The molecule has 0 fully saturated rings. The zero-order valence-corrected chi connectivity index (χ0v) is 17.5. The molecule has 3 rings (SSSR count). The topological polar surface area (TPSA) is 117 Å². The Hall–Kier alpha value is -2.62. The van der Waals surface area contributed by atoms with Gasteiger partial charge in [-0.1, -0.05) is 11.6 Å². The van der Waals surface area contributed by atoms with Crippen molar-refractivity contribution in [3.05, 3.63) is 45.3 Å². The molecule has 8 nitrogen and oxygen atoms in total. The Labute approximate surface area is 177 Å². The summed E-state index contributed by atoms with van der Waals surface area (Å²) in [4.78, 5) is 38.6. The van der Waals surface area contributed by atoms with E-state index < -0.39 is 11.9 Å². The van der Waals surface area contributed by atoms with Gasteiger partial charge in [0, 0.05) is 48.7 Å². The lowest BCUT2D eigenvalue weighted by atomic mass is 10.0. The van der Waals surface area contributed by atoms with Gasteiger partial charge in [-0.3, -0.25) is 19.8 Å². The average molecular weight is 436 g/mol. The molecule has 10 heteroatoms. The number of amides is 4. The van der Waals surface area contributed by atoms with Gasteiger partial charge in [-0.05, 0) is 36.2 Å². The third-order valence-electron chi connectivity index (χ3n) is 4.51. The number of urea groups is 1. The lowest BCUT2D eigenvalue weighted by molar-refractivity contribution is -0.119. The molecule has 4 amide bonds. The van der Waals surface area contributed by atoms with Crippen LogP contribution in [0, 0.1) is 0 Å². The van der Waals surface area contributed by atoms with Crippen molar-refractivity contribution in [2.45, 2.75) is 19.9 Å². The summed E-state index contributed by atoms with van der Waals surface area (Å²) in [5.41, 5.74) is 7.44. The molecule has 154 valence electrons. The van der Waals surface area contributed by atoms with E-state index in [0.29, 0.717) is 47.3 Å². The van der Waals surface area contributed by atoms with Gasteiger partial charge < -0.3 is 16.4 Å². The molecule has 2 aromatic rings. The van der Waals surface area contributed by atoms with Gasteiger partial charge in [0.25, 0.3) is 5.91 Å². The van der Waals surface area contributed by atoms with Crippen LogP contribution in [0.5, 0.6) is 0 Å². The Morgan fingerprint density at radius 2 is 1.93 bits per heavy atom. The number of benzene rings is 1. The number of hydrogen-bond donors (Lipinski definition) is 4. The van der Waals surface area contributed by atoms with E-state index in [1.807, 2.05) is 0 Å². The Morgan fingerprint density at radius 1 is 1.21 bits per heavy atom. The van der Waals surface area contributed by atoms with Crippen molar-refractivity contribution in [2.75, 3.05) is 30.3 Å². The number of rotatable bonds is 6. The minimum absolute atomic E-state index is 0.0620. The standard InChI is InChI=1S/C19H22ClN5O3S/c1-11(26)22-7-9-25-8-6-14-15(10-25)29-18(16(14)17(21)27)24-19(28)23-13-4-2-12(20)3-5-13/h2-5H,6-10H2,1H3,(H2,21,27)(H,22,26)(H2,23,24,28). The van der Waals surface area contributed by atoms with Gasteiger partial charge in [-0.25, -0.2) is 4.79 Å². The first-order valence-corrected chi connectivity index (χ1v) is 10.3. The third-order valence-corrected chi connectivity index (χ3v) is 5.90. The number of halogens is 1. The highest BCUT2D eigenvalue weighted by Crippen LogP contribution is 2.37. The van der Waals surface area contributed by atoms with E-state index in [2.05, 4.69) is 20.9 Å². The molecule has 1 aliphatic heterocycles. The summed E-state index contributed by atoms with van der Waals surface area (Å²) in [6, 6.07) is 6.25. The van der Waals surface area contributed by atoms with Crippen LogP contribution in [0.1, 0.15) is 27.7 Å². The summed E-state index contributed by atoms with van der Waals surface area (Å²) in [5.74, 6) is -0.621. The normalized spacial score (nSPS) is 13.4. The second-order valence-corrected chi connectivity index (χ2v) is 8.21.